The van der Waals surface area contributed by atoms with E-state index in [0.29, 0.717) is 11.3 Å². The van der Waals surface area contributed by atoms with E-state index in [1.54, 1.807) is 0 Å². The molecule has 1 aliphatic heterocycles. The van der Waals surface area contributed by atoms with Gasteiger partial charge in [-0.25, -0.2) is 4.99 Å². The number of benzene rings is 2. The first-order valence-corrected chi connectivity index (χ1v) is 7.03. The summed E-state index contributed by atoms with van der Waals surface area (Å²) in [5, 5.41) is 1.02. The van der Waals surface area contributed by atoms with Crippen LogP contribution >= 0.6 is 15.9 Å². The van der Waals surface area contributed by atoms with Crippen LogP contribution in [0.5, 0.6) is 0 Å². The topological polar surface area (TPSA) is 45.2 Å². The third kappa shape index (κ3) is 1.58. The maximum atomic E-state index is 12.5. The van der Waals surface area contributed by atoms with Crippen LogP contribution in [0, 0.1) is 0 Å². The monoisotopic (exact) mass is 324 g/mol. The summed E-state index contributed by atoms with van der Waals surface area (Å²) in [6.07, 6.45) is 1.85. The number of hydrogen-bond donors (Lipinski definition) is 1. The van der Waals surface area contributed by atoms with E-state index in [1.165, 1.54) is 0 Å². The summed E-state index contributed by atoms with van der Waals surface area (Å²) in [5.74, 6) is -0.0222. The largest absolute Gasteiger partial charge is 0.360 e. The summed E-state index contributed by atoms with van der Waals surface area (Å²) < 4.78 is 0.889. The van der Waals surface area contributed by atoms with E-state index >= 15 is 0 Å². The highest BCUT2D eigenvalue weighted by atomic mass is 79.9. The summed E-state index contributed by atoms with van der Waals surface area (Å²) >= 11 is 3.39. The number of nitrogens with zero attached hydrogens (tertiary/aromatic N) is 1. The molecular formula is C16H9BrN2O. The molecule has 4 heteroatoms. The molecule has 1 N–H and O–H groups in total. The molecule has 3 aromatic rings. The minimum Gasteiger partial charge on any atom is -0.360 e. The van der Waals surface area contributed by atoms with Gasteiger partial charge in [0.1, 0.15) is 5.71 Å². The van der Waals surface area contributed by atoms with Crippen molar-refractivity contribution in [3.63, 3.8) is 0 Å². The van der Waals surface area contributed by atoms with Crippen molar-refractivity contribution >= 4 is 44.0 Å². The smallest absolute Gasteiger partial charge is 0.214 e. The highest BCUT2D eigenvalue weighted by Crippen LogP contribution is 2.32. The second-order valence-corrected chi connectivity index (χ2v) is 5.61. The number of aromatic nitrogens is 1. The quantitative estimate of drug-likeness (QED) is 0.714. The Kier molecular flexibility index (Phi) is 2.41. The van der Waals surface area contributed by atoms with Crippen molar-refractivity contribution in [1.82, 2.24) is 4.98 Å². The predicted octanol–water partition coefficient (Wildman–Crippen LogP) is 4.25. The molecule has 2 aromatic carbocycles. The number of ketones is 1. The molecule has 0 spiro atoms. The van der Waals surface area contributed by atoms with E-state index in [1.807, 2.05) is 48.7 Å². The number of halogens is 1. The Labute approximate surface area is 123 Å². The lowest BCUT2D eigenvalue weighted by Crippen LogP contribution is -2.10. The molecule has 0 saturated carbocycles. The molecule has 1 aliphatic rings. The molecule has 3 nitrogen and oxygen atoms in total. The molecule has 0 amide bonds. The number of carbonyl (C=O) groups excluding carboxylic acids is 1. The maximum absolute atomic E-state index is 12.5. The second kappa shape index (κ2) is 4.15. The van der Waals surface area contributed by atoms with Gasteiger partial charge in [0.05, 0.1) is 11.3 Å². The van der Waals surface area contributed by atoms with Crippen LogP contribution in [0.3, 0.4) is 0 Å². The molecule has 0 aliphatic carbocycles. The van der Waals surface area contributed by atoms with E-state index in [9.17, 15) is 4.79 Å². The molecule has 0 atom stereocenters. The average Bonchev–Trinajstić information content (AvgIpc) is 3.01. The van der Waals surface area contributed by atoms with Gasteiger partial charge >= 0.3 is 0 Å². The van der Waals surface area contributed by atoms with Crippen molar-refractivity contribution in [3.05, 3.63) is 64.3 Å². The lowest BCUT2D eigenvalue weighted by molar-refractivity contribution is 0.107. The van der Waals surface area contributed by atoms with Gasteiger partial charge in [0.2, 0.25) is 5.78 Å². The van der Waals surface area contributed by atoms with E-state index in [2.05, 4.69) is 25.9 Å². The molecule has 0 saturated heterocycles. The first kappa shape index (κ1) is 11.6. The molecule has 20 heavy (non-hydrogen) atoms. The third-order valence-electron chi connectivity index (χ3n) is 3.49. The molecule has 1 aromatic heterocycles. The van der Waals surface area contributed by atoms with Gasteiger partial charge in [0, 0.05) is 27.1 Å². The van der Waals surface area contributed by atoms with Crippen LogP contribution in [0.2, 0.25) is 0 Å². The molecule has 0 bridgehead atoms. The number of carbonyl (C=O) groups is 1. The van der Waals surface area contributed by atoms with Gasteiger partial charge in [0.15, 0.2) is 0 Å². The standard InChI is InChI=1S/C16H9BrN2O/c17-9-5-6-14-11(7-9)16(20)15(19-14)12-8-18-13-4-2-1-3-10(12)13/h1-8,18H. The zero-order valence-electron chi connectivity index (χ0n) is 10.4. The lowest BCUT2D eigenvalue weighted by Gasteiger charge is -1.97. The van der Waals surface area contributed by atoms with Crippen LogP contribution in [0.4, 0.5) is 5.69 Å². The second-order valence-electron chi connectivity index (χ2n) is 4.70. The molecule has 4 rings (SSSR count). The number of H-pyrrole nitrogens is 1. The number of fused-ring (bicyclic) bond motifs is 2. The van der Waals surface area contributed by atoms with Crippen molar-refractivity contribution in [2.45, 2.75) is 0 Å². The van der Waals surface area contributed by atoms with E-state index in [0.717, 1.165) is 26.6 Å². The van der Waals surface area contributed by atoms with Gasteiger partial charge < -0.3 is 4.98 Å². The van der Waals surface area contributed by atoms with E-state index in [-0.39, 0.29) is 5.78 Å². The number of rotatable bonds is 1. The number of aliphatic imine (C=N–C) groups is 1. The average molecular weight is 325 g/mol. The third-order valence-corrected chi connectivity index (χ3v) is 3.99. The Morgan fingerprint density at radius 2 is 1.90 bits per heavy atom. The molecule has 0 fully saturated rings. The number of nitrogens with one attached hydrogen (secondary N) is 1. The Morgan fingerprint density at radius 1 is 1.05 bits per heavy atom. The van der Waals surface area contributed by atoms with Gasteiger partial charge in [-0.2, -0.15) is 0 Å². The fourth-order valence-electron chi connectivity index (χ4n) is 2.54. The first-order chi connectivity index (χ1) is 9.74. The zero-order valence-corrected chi connectivity index (χ0v) is 11.9. The van der Waals surface area contributed by atoms with Gasteiger partial charge in [-0.1, -0.05) is 34.1 Å². The van der Waals surface area contributed by atoms with Gasteiger partial charge in [0.25, 0.3) is 0 Å². The number of para-hydroxylation sites is 1. The van der Waals surface area contributed by atoms with Crippen LogP contribution in [0.25, 0.3) is 10.9 Å². The van der Waals surface area contributed by atoms with Crippen LogP contribution in [0.15, 0.2) is 58.1 Å². The van der Waals surface area contributed by atoms with Crippen LogP contribution in [-0.2, 0) is 0 Å². The maximum Gasteiger partial charge on any atom is 0.214 e. The van der Waals surface area contributed by atoms with Crippen LogP contribution in [0.1, 0.15) is 15.9 Å². The van der Waals surface area contributed by atoms with Crippen molar-refractivity contribution in [2.24, 2.45) is 4.99 Å². The van der Waals surface area contributed by atoms with Gasteiger partial charge in [-0.3, -0.25) is 4.79 Å². The fourth-order valence-corrected chi connectivity index (χ4v) is 2.90. The summed E-state index contributed by atoms with van der Waals surface area (Å²) in [6.45, 7) is 0. The van der Waals surface area contributed by atoms with Crippen molar-refractivity contribution in [3.8, 4) is 0 Å². The summed E-state index contributed by atoms with van der Waals surface area (Å²) in [6, 6.07) is 13.5. The zero-order chi connectivity index (χ0) is 13.7. The molecule has 96 valence electrons. The highest BCUT2D eigenvalue weighted by Gasteiger charge is 2.27. The van der Waals surface area contributed by atoms with Gasteiger partial charge in [-0.05, 0) is 24.3 Å². The van der Waals surface area contributed by atoms with Gasteiger partial charge in [-0.15, -0.1) is 0 Å². The molecule has 0 radical (unpaired) electrons. The van der Waals surface area contributed by atoms with E-state index < -0.39 is 0 Å². The molecular weight excluding hydrogens is 316 g/mol. The SMILES string of the molecule is O=C1C(c2c[nH]c3ccccc23)=Nc2ccc(Br)cc21. The minimum atomic E-state index is -0.0222. The number of Topliss-reactive ketones (excluding diaryl/α,β-unsaturated/α-hetero) is 1. The van der Waals surface area contributed by atoms with Crippen LogP contribution < -0.4 is 0 Å². The lowest BCUT2D eigenvalue weighted by atomic mass is 10.0. The van der Waals surface area contributed by atoms with Crippen LogP contribution in [-0.4, -0.2) is 16.5 Å². The predicted molar refractivity (Wildman–Crippen MR) is 83.0 cm³/mol. The minimum absolute atomic E-state index is 0.0222. The van der Waals surface area contributed by atoms with Crippen molar-refractivity contribution in [2.75, 3.05) is 0 Å². The molecule has 0 unspecified atom stereocenters. The van der Waals surface area contributed by atoms with Crippen molar-refractivity contribution in [1.29, 1.82) is 0 Å². The van der Waals surface area contributed by atoms with Crippen molar-refractivity contribution < 1.29 is 4.79 Å². The summed E-state index contributed by atoms with van der Waals surface area (Å²) in [7, 11) is 0. The van der Waals surface area contributed by atoms with E-state index in [4.69, 9.17) is 0 Å². The fraction of sp³-hybridized carbons (Fsp3) is 0. The molecule has 2 heterocycles. The first-order valence-electron chi connectivity index (χ1n) is 6.23. The number of aromatic amines is 1. The summed E-state index contributed by atoms with van der Waals surface area (Å²) in [4.78, 5) is 20.2. The Hall–Kier alpha value is -2.20. The highest BCUT2D eigenvalue weighted by molar-refractivity contribution is 9.10. The Morgan fingerprint density at radius 3 is 2.80 bits per heavy atom. The Bertz CT molecular complexity index is 892. The normalized spacial score (nSPS) is 13.7. The number of hydrogen-bond acceptors (Lipinski definition) is 2. The Balaban J connectivity index is 1.91. The summed E-state index contributed by atoms with van der Waals surface area (Å²) in [5.41, 5.74) is 3.77.